The Labute approximate surface area is 204 Å². The average molecular weight is 491 g/mol. The molecule has 3 heterocycles. The molecule has 5 rings (SSSR count). The second-order valence-corrected chi connectivity index (χ2v) is 8.57. The lowest BCUT2D eigenvalue weighted by Crippen LogP contribution is -2.45. The summed E-state index contributed by atoms with van der Waals surface area (Å²) in [6, 6.07) is 10.4. The van der Waals surface area contributed by atoms with Gasteiger partial charge in [-0.3, -0.25) is 14.3 Å². The van der Waals surface area contributed by atoms with Crippen molar-refractivity contribution in [2.24, 2.45) is 0 Å². The monoisotopic (exact) mass is 491 g/mol. The third kappa shape index (κ3) is 4.48. The molecule has 11 nitrogen and oxygen atoms in total. The van der Waals surface area contributed by atoms with E-state index >= 15 is 0 Å². The molecule has 0 bridgehead atoms. The quantitative estimate of drug-likeness (QED) is 0.345. The fourth-order valence-electron chi connectivity index (χ4n) is 3.65. The number of hydrogen-bond acceptors (Lipinski definition) is 9. The minimum atomic E-state index is -0.982. The Morgan fingerprint density at radius 2 is 1.94 bits per heavy atom. The van der Waals surface area contributed by atoms with Crippen LogP contribution in [-0.2, 0) is 20.9 Å². The number of anilines is 5. The van der Waals surface area contributed by atoms with Crippen LogP contribution in [0.3, 0.4) is 0 Å². The van der Waals surface area contributed by atoms with Crippen molar-refractivity contribution in [2.45, 2.75) is 26.0 Å². The topological polar surface area (TPSA) is 132 Å². The summed E-state index contributed by atoms with van der Waals surface area (Å²) in [7, 11) is 1.32. The van der Waals surface area contributed by atoms with Gasteiger partial charge in [0, 0.05) is 16.8 Å². The normalized spacial score (nSPS) is 13.9. The molecule has 184 valence electrons. The van der Waals surface area contributed by atoms with Crippen LogP contribution in [0.25, 0.3) is 10.9 Å². The van der Waals surface area contributed by atoms with Crippen molar-refractivity contribution in [3.05, 3.63) is 54.6 Å². The SMILES string of the molecule is COC(=O)Cn1ncc2cc(Nc3ncc(F)c(Nc4ccc5c(c4)NC(=O)C(C)(C)O5)n3)ccc21. The molecule has 1 amide bonds. The molecule has 0 unspecified atom stereocenters. The molecule has 2 aromatic carbocycles. The van der Waals surface area contributed by atoms with Gasteiger partial charge in [0.05, 0.1) is 30.7 Å². The highest BCUT2D eigenvalue weighted by atomic mass is 19.1. The first kappa shape index (κ1) is 23.0. The fraction of sp³-hybridized carbons (Fsp3) is 0.208. The number of hydrogen-bond donors (Lipinski definition) is 3. The van der Waals surface area contributed by atoms with Crippen LogP contribution in [0.15, 0.2) is 48.8 Å². The second-order valence-electron chi connectivity index (χ2n) is 8.57. The Morgan fingerprint density at radius 1 is 1.17 bits per heavy atom. The molecule has 0 spiro atoms. The molecule has 4 aromatic rings. The zero-order valence-electron chi connectivity index (χ0n) is 19.6. The van der Waals surface area contributed by atoms with E-state index in [1.807, 2.05) is 6.07 Å². The Balaban J connectivity index is 1.34. The maximum atomic E-state index is 14.5. The maximum Gasteiger partial charge on any atom is 0.327 e. The van der Waals surface area contributed by atoms with Crippen LogP contribution >= 0.6 is 0 Å². The first-order valence-electron chi connectivity index (χ1n) is 11.0. The first-order chi connectivity index (χ1) is 17.2. The lowest BCUT2D eigenvalue weighted by Gasteiger charge is -2.31. The van der Waals surface area contributed by atoms with E-state index in [0.717, 1.165) is 17.1 Å². The van der Waals surface area contributed by atoms with E-state index < -0.39 is 17.4 Å². The number of halogens is 1. The molecule has 0 saturated carbocycles. The number of ether oxygens (including phenoxy) is 2. The van der Waals surface area contributed by atoms with Gasteiger partial charge in [-0.1, -0.05) is 0 Å². The minimum absolute atomic E-state index is 0.000855. The summed E-state index contributed by atoms with van der Waals surface area (Å²) < 4.78 is 26.4. The van der Waals surface area contributed by atoms with E-state index in [2.05, 4.69) is 35.8 Å². The predicted molar refractivity (Wildman–Crippen MR) is 130 cm³/mol. The highest BCUT2D eigenvalue weighted by Gasteiger charge is 2.35. The molecule has 1 aliphatic rings. The average Bonchev–Trinajstić information content (AvgIpc) is 3.23. The van der Waals surface area contributed by atoms with Crippen LogP contribution in [0.5, 0.6) is 5.75 Å². The van der Waals surface area contributed by atoms with Crippen LogP contribution in [0.4, 0.5) is 33.2 Å². The highest BCUT2D eigenvalue weighted by Crippen LogP contribution is 2.36. The van der Waals surface area contributed by atoms with E-state index in [1.54, 1.807) is 50.4 Å². The second kappa shape index (κ2) is 8.80. The number of carbonyl (C=O) groups is 2. The third-order valence-corrected chi connectivity index (χ3v) is 5.55. The molecule has 0 aliphatic carbocycles. The number of methoxy groups -OCH3 is 1. The van der Waals surface area contributed by atoms with Gasteiger partial charge in [0.2, 0.25) is 5.95 Å². The summed E-state index contributed by atoms with van der Waals surface area (Å²) in [5, 5.41) is 13.7. The number of fused-ring (bicyclic) bond motifs is 2. The Hall–Kier alpha value is -4.74. The van der Waals surface area contributed by atoms with Crippen LogP contribution in [0.2, 0.25) is 0 Å². The number of benzene rings is 2. The summed E-state index contributed by atoms with van der Waals surface area (Å²) in [6.07, 6.45) is 2.68. The largest absolute Gasteiger partial charge is 0.476 e. The van der Waals surface area contributed by atoms with Gasteiger partial charge in [0.25, 0.3) is 5.91 Å². The van der Waals surface area contributed by atoms with Gasteiger partial charge in [-0.05, 0) is 50.2 Å². The molecule has 0 saturated heterocycles. The number of nitrogens with one attached hydrogen (secondary N) is 3. The number of amides is 1. The summed E-state index contributed by atoms with van der Waals surface area (Å²) >= 11 is 0. The molecule has 0 fully saturated rings. The van der Waals surface area contributed by atoms with Crippen molar-refractivity contribution in [2.75, 3.05) is 23.1 Å². The Morgan fingerprint density at radius 3 is 2.75 bits per heavy atom. The van der Waals surface area contributed by atoms with Gasteiger partial charge in [0.15, 0.2) is 17.2 Å². The number of rotatable bonds is 6. The summed E-state index contributed by atoms with van der Waals surface area (Å²) in [5.41, 5.74) is 1.39. The molecule has 0 radical (unpaired) electrons. The molecular formula is C24H22FN7O4. The number of carbonyl (C=O) groups excluding carboxylic acids is 2. The molecule has 2 aromatic heterocycles. The first-order valence-corrected chi connectivity index (χ1v) is 11.0. The highest BCUT2D eigenvalue weighted by molar-refractivity contribution is 6.00. The van der Waals surface area contributed by atoms with Gasteiger partial charge in [-0.15, -0.1) is 0 Å². The van der Waals surface area contributed by atoms with Crippen LogP contribution in [-0.4, -0.2) is 44.3 Å². The fourth-order valence-corrected chi connectivity index (χ4v) is 3.65. The van der Waals surface area contributed by atoms with E-state index in [1.165, 1.54) is 11.8 Å². The maximum absolute atomic E-state index is 14.5. The minimum Gasteiger partial charge on any atom is -0.476 e. The summed E-state index contributed by atoms with van der Waals surface area (Å²) in [5.74, 6) is -0.709. The lowest BCUT2D eigenvalue weighted by molar-refractivity contribution is -0.141. The van der Waals surface area contributed by atoms with Gasteiger partial charge >= 0.3 is 5.97 Å². The molecule has 12 heteroatoms. The van der Waals surface area contributed by atoms with E-state index in [9.17, 15) is 14.0 Å². The van der Waals surface area contributed by atoms with E-state index in [0.29, 0.717) is 22.8 Å². The van der Waals surface area contributed by atoms with Crippen LogP contribution in [0.1, 0.15) is 13.8 Å². The number of esters is 1. The van der Waals surface area contributed by atoms with Crippen molar-refractivity contribution < 1.29 is 23.5 Å². The summed E-state index contributed by atoms with van der Waals surface area (Å²) in [4.78, 5) is 32.0. The van der Waals surface area contributed by atoms with Gasteiger partial charge < -0.3 is 25.4 Å². The summed E-state index contributed by atoms with van der Waals surface area (Å²) in [6.45, 7) is 3.35. The van der Waals surface area contributed by atoms with Crippen LogP contribution < -0.4 is 20.7 Å². The van der Waals surface area contributed by atoms with Crippen molar-refractivity contribution in [3.8, 4) is 5.75 Å². The van der Waals surface area contributed by atoms with Crippen molar-refractivity contribution in [3.63, 3.8) is 0 Å². The van der Waals surface area contributed by atoms with Gasteiger partial charge in [-0.25, -0.2) is 9.37 Å². The van der Waals surface area contributed by atoms with E-state index in [4.69, 9.17) is 4.74 Å². The molecular weight excluding hydrogens is 469 g/mol. The zero-order chi connectivity index (χ0) is 25.4. The van der Waals surface area contributed by atoms with Gasteiger partial charge in [0.1, 0.15) is 12.3 Å². The third-order valence-electron chi connectivity index (χ3n) is 5.55. The van der Waals surface area contributed by atoms with Crippen molar-refractivity contribution in [1.82, 2.24) is 19.7 Å². The lowest BCUT2D eigenvalue weighted by atomic mass is 10.1. The van der Waals surface area contributed by atoms with Crippen molar-refractivity contribution in [1.29, 1.82) is 0 Å². The molecule has 0 atom stereocenters. The van der Waals surface area contributed by atoms with Crippen LogP contribution in [0, 0.1) is 5.82 Å². The van der Waals surface area contributed by atoms with Crippen molar-refractivity contribution >= 4 is 51.6 Å². The van der Waals surface area contributed by atoms with E-state index in [-0.39, 0.29) is 24.2 Å². The standard InChI is InChI=1S/C24H22FN7O4/c1-24(2)22(34)30-17-9-15(5-7-19(17)36-24)28-21-16(25)11-26-23(31-21)29-14-4-6-18-13(8-14)10-27-32(18)12-20(33)35-3/h4-11H,12H2,1-3H3,(H,30,34)(H2,26,28,29,31). The van der Waals surface area contributed by atoms with Gasteiger partial charge in [-0.2, -0.15) is 10.1 Å². The predicted octanol–water partition coefficient (Wildman–Crippen LogP) is 3.74. The number of nitrogens with zero attached hydrogens (tertiary/aromatic N) is 4. The molecule has 36 heavy (non-hydrogen) atoms. The molecule has 3 N–H and O–H groups in total. The molecule has 1 aliphatic heterocycles. The zero-order valence-corrected chi connectivity index (χ0v) is 19.6. The smallest absolute Gasteiger partial charge is 0.327 e. The Bertz CT molecular complexity index is 1500. The number of aromatic nitrogens is 4. The Kier molecular flexibility index (Phi) is 5.63.